The first kappa shape index (κ1) is 23.2. The highest BCUT2D eigenvalue weighted by Crippen LogP contribution is 2.48. The van der Waals surface area contributed by atoms with E-state index in [1.54, 1.807) is 23.3 Å². The second-order valence-corrected chi connectivity index (χ2v) is 9.46. The van der Waals surface area contributed by atoms with E-state index in [0.29, 0.717) is 26.2 Å². The van der Waals surface area contributed by atoms with Crippen LogP contribution < -0.4 is 0 Å². The molecule has 0 N–H and O–H groups in total. The second-order valence-electron chi connectivity index (χ2n) is 8.43. The van der Waals surface area contributed by atoms with E-state index in [4.69, 9.17) is 4.74 Å². The number of thiophene rings is 1. The highest BCUT2D eigenvalue weighted by atomic mass is 32.1. The molecule has 0 bridgehead atoms. The Hall–Kier alpha value is -2.96. The zero-order valence-electron chi connectivity index (χ0n) is 18.9. The molecule has 0 radical (unpaired) electrons. The maximum absolute atomic E-state index is 13.4. The van der Waals surface area contributed by atoms with Crippen molar-refractivity contribution in [3.05, 3.63) is 94.2 Å². The van der Waals surface area contributed by atoms with Crippen molar-refractivity contribution in [2.24, 2.45) is 5.92 Å². The van der Waals surface area contributed by atoms with Gasteiger partial charge in [0.25, 0.3) is 0 Å². The Bertz CT molecular complexity index is 1020. The summed E-state index contributed by atoms with van der Waals surface area (Å²) in [5.74, 6) is 0.181. The topological polar surface area (TPSA) is 49.9 Å². The number of hydrogen-bond acceptors (Lipinski definition) is 4. The number of hydrogen-bond donors (Lipinski definition) is 0. The van der Waals surface area contributed by atoms with Gasteiger partial charge in [-0.1, -0.05) is 66.7 Å². The van der Waals surface area contributed by atoms with Crippen LogP contribution in [0.2, 0.25) is 0 Å². The lowest BCUT2D eigenvalue weighted by atomic mass is 10.1. The monoisotopic (exact) mass is 462 g/mol. The highest BCUT2D eigenvalue weighted by Gasteiger charge is 2.46. The first-order valence-electron chi connectivity index (χ1n) is 11.3. The van der Waals surface area contributed by atoms with Crippen molar-refractivity contribution >= 4 is 23.2 Å². The van der Waals surface area contributed by atoms with Crippen LogP contribution in [0.25, 0.3) is 0 Å². The van der Waals surface area contributed by atoms with Crippen molar-refractivity contribution in [3.8, 4) is 0 Å². The Morgan fingerprint density at radius 3 is 2.33 bits per heavy atom. The molecule has 1 fully saturated rings. The molecule has 1 heterocycles. The molecule has 1 saturated carbocycles. The van der Waals surface area contributed by atoms with Crippen LogP contribution in [0, 0.1) is 5.92 Å². The lowest BCUT2D eigenvalue weighted by Gasteiger charge is -2.28. The lowest BCUT2D eigenvalue weighted by Crippen LogP contribution is -2.44. The van der Waals surface area contributed by atoms with Crippen LogP contribution in [-0.4, -0.2) is 48.4 Å². The molecule has 0 spiro atoms. The SMILES string of the molecule is COCCN(CC(=O)N(Cc1ccccc1)Cc1cccs1)C(=O)C1CC1c1ccccc1. The summed E-state index contributed by atoms with van der Waals surface area (Å²) in [6.07, 6.45) is 0.837. The van der Waals surface area contributed by atoms with E-state index in [2.05, 4.69) is 12.1 Å². The molecule has 1 aliphatic carbocycles. The number of methoxy groups -OCH3 is 1. The first-order chi connectivity index (χ1) is 16.2. The Balaban J connectivity index is 1.46. The molecular weight excluding hydrogens is 432 g/mol. The standard InChI is InChI=1S/C27H30N2O3S/c1-32-15-14-28(27(31)25-17-24(25)22-11-6-3-7-12-22)20-26(30)29(19-23-13-8-16-33-23)18-21-9-4-2-5-10-21/h2-13,16,24-25H,14-15,17-20H2,1H3. The largest absolute Gasteiger partial charge is 0.383 e. The van der Waals surface area contributed by atoms with E-state index in [-0.39, 0.29) is 30.2 Å². The van der Waals surface area contributed by atoms with Crippen molar-refractivity contribution in [2.45, 2.75) is 25.4 Å². The van der Waals surface area contributed by atoms with Crippen molar-refractivity contribution < 1.29 is 14.3 Å². The van der Waals surface area contributed by atoms with Crippen LogP contribution in [0.3, 0.4) is 0 Å². The average molecular weight is 463 g/mol. The van der Waals surface area contributed by atoms with Crippen LogP contribution in [0.15, 0.2) is 78.2 Å². The van der Waals surface area contributed by atoms with E-state index >= 15 is 0 Å². The van der Waals surface area contributed by atoms with Crippen LogP contribution >= 0.6 is 11.3 Å². The zero-order chi connectivity index (χ0) is 23.0. The summed E-state index contributed by atoms with van der Waals surface area (Å²) in [7, 11) is 1.62. The Kier molecular flexibility index (Phi) is 7.92. The van der Waals surface area contributed by atoms with E-state index in [1.807, 2.05) is 70.9 Å². The van der Waals surface area contributed by atoms with Gasteiger partial charge in [-0.3, -0.25) is 9.59 Å². The quantitative estimate of drug-likeness (QED) is 0.420. The molecule has 5 nitrogen and oxygen atoms in total. The normalized spacial score (nSPS) is 16.9. The fourth-order valence-corrected chi connectivity index (χ4v) is 4.85. The van der Waals surface area contributed by atoms with E-state index in [0.717, 1.165) is 16.9 Å². The number of amides is 2. The fourth-order valence-electron chi connectivity index (χ4n) is 4.13. The lowest BCUT2D eigenvalue weighted by molar-refractivity contribution is -0.142. The summed E-state index contributed by atoms with van der Waals surface area (Å²) in [5, 5.41) is 2.02. The molecule has 0 aliphatic heterocycles. The van der Waals surface area contributed by atoms with Crippen LogP contribution in [0.4, 0.5) is 0 Å². The molecule has 0 saturated heterocycles. The van der Waals surface area contributed by atoms with Gasteiger partial charge in [0.2, 0.25) is 11.8 Å². The number of nitrogens with zero attached hydrogens (tertiary/aromatic N) is 2. The number of rotatable bonds is 11. The molecule has 2 atom stereocenters. The predicted molar refractivity (Wildman–Crippen MR) is 131 cm³/mol. The zero-order valence-corrected chi connectivity index (χ0v) is 19.7. The van der Waals surface area contributed by atoms with E-state index in [1.165, 1.54) is 5.56 Å². The molecule has 4 rings (SSSR count). The molecule has 2 aromatic carbocycles. The van der Waals surface area contributed by atoms with E-state index < -0.39 is 0 Å². The summed E-state index contributed by atoms with van der Waals surface area (Å²) in [6.45, 7) is 1.94. The summed E-state index contributed by atoms with van der Waals surface area (Å²) in [6, 6.07) is 24.2. The Labute approximate surface area is 199 Å². The third kappa shape index (κ3) is 6.30. The molecule has 2 unspecified atom stereocenters. The van der Waals surface area contributed by atoms with Gasteiger partial charge in [-0.15, -0.1) is 11.3 Å². The molecule has 1 aromatic heterocycles. The van der Waals surface area contributed by atoms with Gasteiger partial charge in [0.05, 0.1) is 19.7 Å². The van der Waals surface area contributed by atoms with Gasteiger partial charge in [-0.25, -0.2) is 0 Å². The number of carbonyl (C=O) groups excluding carboxylic acids is 2. The summed E-state index contributed by atoms with van der Waals surface area (Å²) in [5.41, 5.74) is 2.26. The number of carbonyl (C=O) groups is 2. The minimum atomic E-state index is -0.0584. The maximum atomic E-state index is 13.4. The van der Waals surface area contributed by atoms with Crippen molar-refractivity contribution in [3.63, 3.8) is 0 Å². The smallest absolute Gasteiger partial charge is 0.242 e. The fraction of sp³-hybridized carbons (Fsp3) is 0.333. The van der Waals surface area contributed by atoms with Crippen LogP contribution in [-0.2, 0) is 27.4 Å². The van der Waals surface area contributed by atoms with Crippen molar-refractivity contribution in [1.82, 2.24) is 9.80 Å². The van der Waals surface area contributed by atoms with Gasteiger partial charge in [0.15, 0.2) is 0 Å². The van der Waals surface area contributed by atoms with Gasteiger partial charge < -0.3 is 14.5 Å². The third-order valence-electron chi connectivity index (χ3n) is 6.03. The number of ether oxygens (including phenoxy) is 1. The van der Waals surface area contributed by atoms with Crippen molar-refractivity contribution in [1.29, 1.82) is 0 Å². The third-order valence-corrected chi connectivity index (χ3v) is 6.90. The van der Waals surface area contributed by atoms with Gasteiger partial charge in [0, 0.05) is 31.0 Å². The highest BCUT2D eigenvalue weighted by molar-refractivity contribution is 7.09. The second kappa shape index (κ2) is 11.3. The van der Waals surface area contributed by atoms with Gasteiger partial charge in [0.1, 0.15) is 0 Å². The first-order valence-corrected chi connectivity index (χ1v) is 12.2. The molecule has 33 heavy (non-hydrogen) atoms. The summed E-state index contributed by atoms with van der Waals surface area (Å²) >= 11 is 1.64. The minimum Gasteiger partial charge on any atom is -0.383 e. The average Bonchev–Trinajstić information content (AvgIpc) is 3.49. The molecule has 172 valence electrons. The summed E-state index contributed by atoms with van der Waals surface area (Å²) in [4.78, 5) is 31.4. The molecule has 6 heteroatoms. The Morgan fingerprint density at radius 1 is 0.939 bits per heavy atom. The molecule has 3 aromatic rings. The van der Waals surface area contributed by atoms with Gasteiger partial charge in [-0.05, 0) is 34.9 Å². The maximum Gasteiger partial charge on any atom is 0.242 e. The minimum absolute atomic E-state index is 0.0463. The van der Waals surface area contributed by atoms with E-state index in [9.17, 15) is 9.59 Å². The molecular formula is C27H30N2O3S. The van der Waals surface area contributed by atoms with Crippen molar-refractivity contribution in [2.75, 3.05) is 26.8 Å². The summed E-state index contributed by atoms with van der Waals surface area (Å²) < 4.78 is 5.24. The van der Waals surface area contributed by atoms with Crippen LogP contribution in [0.5, 0.6) is 0 Å². The number of benzene rings is 2. The van der Waals surface area contributed by atoms with Gasteiger partial charge in [-0.2, -0.15) is 0 Å². The predicted octanol–water partition coefficient (Wildman–Crippen LogP) is 4.56. The molecule has 2 amide bonds. The van der Waals surface area contributed by atoms with Gasteiger partial charge >= 0.3 is 0 Å². The molecule has 1 aliphatic rings. The Morgan fingerprint density at radius 2 is 1.67 bits per heavy atom. The van der Waals surface area contributed by atoms with Crippen LogP contribution in [0.1, 0.15) is 28.3 Å².